The zero-order valence-electron chi connectivity index (χ0n) is 15.3. The average molecular weight is 369 g/mol. The Hall–Kier alpha value is -2.93. The van der Waals surface area contributed by atoms with Crippen molar-refractivity contribution in [1.29, 1.82) is 0 Å². The summed E-state index contributed by atoms with van der Waals surface area (Å²) in [5, 5.41) is 12.0. The van der Waals surface area contributed by atoms with Crippen LogP contribution in [0.5, 0.6) is 0 Å². The van der Waals surface area contributed by atoms with Gasteiger partial charge in [-0.15, -0.1) is 0 Å². The first-order valence-corrected chi connectivity index (χ1v) is 8.89. The van der Waals surface area contributed by atoms with E-state index < -0.39 is 17.9 Å². The Bertz CT molecular complexity index is 785. The van der Waals surface area contributed by atoms with E-state index in [1.54, 1.807) is 42.5 Å². The number of nitrogens with zero attached hydrogens (tertiary/aromatic N) is 2. The molecule has 1 aliphatic heterocycles. The summed E-state index contributed by atoms with van der Waals surface area (Å²) in [6.07, 6.45) is 1.70. The van der Waals surface area contributed by atoms with Gasteiger partial charge in [0, 0.05) is 19.3 Å². The third-order valence-electron chi connectivity index (χ3n) is 4.41. The molecule has 7 heteroatoms. The molecule has 2 aromatic rings. The lowest BCUT2D eigenvalue weighted by molar-refractivity contribution is -0.139. The number of ether oxygens (including phenoxy) is 1. The lowest BCUT2D eigenvalue weighted by Crippen LogP contribution is -2.45. The van der Waals surface area contributed by atoms with Crippen molar-refractivity contribution in [2.75, 3.05) is 18.0 Å². The highest BCUT2D eigenvalue weighted by atomic mass is 16.5. The predicted octanol–water partition coefficient (Wildman–Crippen LogP) is 2.25. The molecule has 2 heterocycles. The summed E-state index contributed by atoms with van der Waals surface area (Å²) in [5.41, 5.74) is 0.828. The molecule has 27 heavy (non-hydrogen) atoms. The highest BCUT2D eigenvalue weighted by molar-refractivity contribution is 5.96. The number of benzene rings is 1. The number of amides is 1. The van der Waals surface area contributed by atoms with Crippen molar-refractivity contribution in [3.05, 3.63) is 59.8 Å². The minimum Gasteiger partial charge on any atom is -0.479 e. The number of aliphatic carboxylic acids is 1. The van der Waals surface area contributed by atoms with Crippen LogP contribution in [-0.2, 0) is 9.53 Å². The fourth-order valence-electron chi connectivity index (χ4n) is 3.22. The number of nitrogens with one attached hydrogen (secondary N) is 1. The van der Waals surface area contributed by atoms with Crippen molar-refractivity contribution in [1.82, 2.24) is 10.3 Å². The van der Waals surface area contributed by atoms with Crippen LogP contribution in [0.25, 0.3) is 0 Å². The first-order valence-electron chi connectivity index (χ1n) is 8.89. The number of carbonyl (C=O) groups is 2. The quantitative estimate of drug-likeness (QED) is 0.840. The van der Waals surface area contributed by atoms with E-state index in [1.807, 2.05) is 13.8 Å². The van der Waals surface area contributed by atoms with Crippen molar-refractivity contribution in [3.8, 4) is 0 Å². The second kappa shape index (κ2) is 8.18. The second-order valence-electron chi connectivity index (χ2n) is 6.72. The van der Waals surface area contributed by atoms with Crippen LogP contribution in [0.2, 0.25) is 0 Å². The number of anilines is 1. The minimum atomic E-state index is -1.12. The van der Waals surface area contributed by atoms with Crippen LogP contribution in [-0.4, -0.2) is 47.3 Å². The van der Waals surface area contributed by atoms with Crippen molar-refractivity contribution >= 4 is 17.7 Å². The molecule has 1 aliphatic rings. The lowest BCUT2D eigenvalue weighted by atomic mass is 10.1. The summed E-state index contributed by atoms with van der Waals surface area (Å²) in [6, 6.07) is 10.9. The Balaban J connectivity index is 1.71. The number of rotatable bonds is 5. The van der Waals surface area contributed by atoms with Gasteiger partial charge >= 0.3 is 5.97 Å². The van der Waals surface area contributed by atoms with Gasteiger partial charge in [-0.2, -0.15) is 0 Å². The lowest BCUT2D eigenvalue weighted by Gasteiger charge is -2.36. The molecule has 142 valence electrons. The van der Waals surface area contributed by atoms with E-state index in [-0.39, 0.29) is 12.2 Å². The van der Waals surface area contributed by atoms with E-state index in [0.717, 1.165) is 18.9 Å². The molecule has 2 N–H and O–H groups in total. The van der Waals surface area contributed by atoms with Crippen molar-refractivity contribution in [3.63, 3.8) is 0 Å². The third kappa shape index (κ3) is 4.62. The molecule has 3 rings (SSSR count). The summed E-state index contributed by atoms with van der Waals surface area (Å²) in [5.74, 6) is -0.823. The predicted molar refractivity (Wildman–Crippen MR) is 101 cm³/mol. The number of aromatic nitrogens is 1. The SMILES string of the molecule is CC1CN(c2ccc(C(=O)N[C@@H](C(=O)O)c3ccccc3)cn2)CC(C)O1. The molecule has 0 radical (unpaired) electrons. The fraction of sp³-hybridized carbons (Fsp3) is 0.350. The van der Waals surface area contributed by atoms with E-state index in [1.165, 1.54) is 6.20 Å². The van der Waals surface area contributed by atoms with Gasteiger partial charge in [0.15, 0.2) is 6.04 Å². The van der Waals surface area contributed by atoms with Crippen molar-refractivity contribution < 1.29 is 19.4 Å². The van der Waals surface area contributed by atoms with Gasteiger partial charge < -0.3 is 20.1 Å². The van der Waals surface area contributed by atoms with E-state index in [0.29, 0.717) is 11.1 Å². The molecule has 0 spiro atoms. The topological polar surface area (TPSA) is 91.8 Å². The molecule has 1 fully saturated rings. The van der Waals surface area contributed by atoms with Gasteiger partial charge in [0.1, 0.15) is 5.82 Å². The van der Waals surface area contributed by atoms with Crippen LogP contribution < -0.4 is 10.2 Å². The van der Waals surface area contributed by atoms with E-state index in [2.05, 4.69) is 15.2 Å². The molecule has 0 aliphatic carbocycles. The average Bonchev–Trinajstić information content (AvgIpc) is 2.65. The smallest absolute Gasteiger partial charge is 0.330 e. The van der Waals surface area contributed by atoms with Gasteiger partial charge in [-0.1, -0.05) is 30.3 Å². The monoisotopic (exact) mass is 369 g/mol. The van der Waals surface area contributed by atoms with Gasteiger partial charge in [0.2, 0.25) is 0 Å². The van der Waals surface area contributed by atoms with Crippen LogP contribution in [0.15, 0.2) is 48.7 Å². The Labute approximate surface area is 158 Å². The molecule has 3 atom stereocenters. The summed E-state index contributed by atoms with van der Waals surface area (Å²) in [7, 11) is 0. The summed E-state index contributed by atoms with van der Waals surface area (Å²) in [4.78, 5) is 30.5. The Morgan fingerprint density at radius 1 is 1.15 bits per heavy atom. The first kappa shape index (κ1) is 18.8. The standard InChI is InChI=1S/C20H23N3O4/c1-13-11-23(12-14(2)27-13)17-9-8-16(10-21-17)19(24)22-18(20(25)26)15-6-4-3-5-7-15/h3-10,13-14,18H,11-12H2,1-2H3,(H,22,24)(H,25,26)/t13?,14?,18-/m1/s1. The number of carbonyl (C=O) groups excluding carboxylic acids is 1. The van der Waals surface area contributed by atoms with Gasteiger partial charge in [0.25, 0.3) is 5.91 Å². The third-order valence-corrected chi connectivity index (χ3v) is 4.41. The Kier molecular flexibility index (Phi) is 5.71. The maximum absolute atomic E-state index is 12.5. The summed E-state index contributed by atoms with van der Waals surface area (Å²) < 4.78 is 5.72. The molecule has 1 aromatic carbocycles. The number of carboxylic acids is 1. The highest BCUT2D eigenvalue weighted by Crippen LogP contribution is 2.19. The van der Waals surface area contributed by atoms with E-state index in [4.69, 9.17) is 4.74 Å². The van der Waals surface area contributed by atoms with Crippen LogP contribution in [0.1, 0.15) is 35.8 Å². The molecule has 2 unspecified atom stereocenters. The number of morpholine rings is 1. The fourth-order valence-corrected chi connectivity index (χ4v) is 3.22. The normalized spacial score (nSPS) is 20.7. The zero-order chi connectivity index (χ0) is 19.4. The highest BCUT2D eigenvalue weighted by Gasteiger charge is 2.25. The van der Waals surface area contributed by atoms with Crippen molar-refractivity contribution in [2.45, 2.75) is 32.1 Å². The summed E-state index contributed by atoms with van der Waals surface area (Å²) >= 11 is 0. The number of carboxylic acid groups (broad SMARTS) is 1. The van der Waals surface area contributed by atoms with Crippen LogP contribution in [0.3, 0.4) is 0 Å². The number of pyridine rings is 1. The van der Waals surface area contributed by atoms with E-state index in [9.17, 15) is 14.7 Å². The Morgan fingerprint density at radius 2 is 1.81 bits per heavy atom. The zero-order valence-corrected chi connectivity index (χ0v) is 15.3. The first-order chi connectivity index (χ1) is 12.9. The van der Waals surface area contributed by atoms with Gasteiger partial charge in [-0.3, -0.25) is 4.79 Å². The molecule has 1 aromatic heterocycles. The molecule has 1 amide bonds. The summed E-state index contributed by atoms with van der Waals surface area (Å²) in [6.45, 7) is 5.50. The van der Waals surface area contributed by atoms with Crippen LogP contribution >= 0.6 is 0 Å². The van der Waals surface area contributed by atoms with E-state index >= 15 is 0 Å². The molecular formula is C20H23N3O4. The second-order valence-corrected chi connectivity index (χ2v) is 6.72. The maximum Gasteiger partial charge on any atom is 0.330 e. The van der Waals surface area contributed by atoms with Gasteiger partial charge in [-0.05, 0) is 31.5 Å². The minimum absolute atomic E-state index is 0.112. The molecule has 7 nitrogen and oxygen atoms in total. The number of hydrogen-bond acceptors (Lipinski definition) is 5. The molecular weight excluding hydrogens is 346 g/mol. The molecule has 0 saturated carbocycles. The molecule has 1 saturated heterocycles. The number of hydrogen-bond donors (Lipinski definition) is 2. The van der Waals surface area contributed by atoms with Gasteiger partial charge in [-0.25, -0.2) is 9.78 Å². The Morgan fingerprint density at radius 3 is 2.37 bits per heavy atom. The van der Waals surface area contributed by atoms with Gasteiger partial charge in [0.05, 0.1) is 17.8 Å². The van der Waals surface area contributed by atoms with Crippen LogP contribution in [0.4, 0.5) is 5.82 Å². The van der Waals surface area contributed by atoms with Crippen LogP contribution in [0, 0.1) is 0 Å². The largest absolute Gasteiger partial charge is 0.479 e. The maximum atomic E-state index is 12.5. The van der Waals surface area contributed by atoms with Crippen molar-refractivity contribution in [2.24, 2.45) is 0 Å². The molecule has 0 bridgehead atoms.